The molecule has 29 heavy (non-hydrogen) atoms. The number of aromatic nitrogens is 2. The second-order valence-electron chi connectivity index (χ2n) is 7.41. The van der Waals surface area contributed by atoms with Crippen LogP contribution in [-0.2, 0) is 4.79 Å². The molecule has 1 atom stereocenters. The molecule has 0 radical (unpaired) electrons. The number of nitrogens with zero attached hydrogens (tertiary/aromatic N) is 3. The molecule has 1 amide bonds. The fraction of sp³-hybridized carbons (Fsp3) is 0.273. The molecule has 2 aromatic carbocycles. The van der Waals surface area contributed by atoms with Crippen molar-refractivity contribution in [2.45, 2.75) is 18.9 Å². The first-order valence-corrected chi connectivity index (χ1v) is 9.64. The minimum absolute atomic E-state index is 0.204. The van der Waals surface area contributed by atoms with Gasteiger partial charge in [-0.05, 0) is 56.3 Å². The highest BCUT2D eigenvalue weighted by molar-refractivity contribution is 5.91. The van der Waals surface area contributed by atoms with Gasteiger partial charge in [0.2, 0.25) is 0 Å². The maximum Gasteiger partial charge on any atom is 0.267 e. The van der Waals surface area contributed by atoms with Gasteiger partial charge in [0.05, 0.1) is 5.52 Å². The largest absolute Gasteiger partial charge is 0.319 e. The van der Waals surface area contributed by atoms with E-state index in [0.29, 0.717) is 11.3 Å². The summed E-state index contributed by atoms with van der Waals surface area (Å²) in [6, 6.07) is 12.8. The Balaban J connectivity index is 1.83. The van der Waals surface area contributed by atoms with E-state index >= 15 is 0 Å². The lowest BCUT2D eigenvalue weighted by atomic mass is 10.0. The predicted molar refractivity (Wildman–Crippen MR) is 110 cm³/mol. The quantitative estimate of drug-likeness (QED) is 0.403. The number of rotatable bonds is 4. The zero-order valence-corrected chi connectivity index (χ0v) is 16.2. The molecule has 2 heterocycles. The van der Waals surface area contributed by atoms with Crippen molar-refractivity contribution in [3.05, 3.63) is 59.9 Å². The van der Waals surface area contributed by atoms with Crippen LogP contribution in [0.25, 0.3) is 28.5 Å². The second-order valence-corrected chi connectivity index (χ2v) is 7.41. The molecule has 1 fully saturated rings. The fourth-order valence-corrected chi connectivity index (χ4v) is 4.00. The third-order valence-corrected chi connectivity index (χ3v) is 5.32. The van der Waals surface area contributed by atoms with Crippen molar-refractivity contribution in [2.75, 3.05) is 20.1 Å². The Morgan fingerprint density at radius 3 is 2.93 bits per heavy atom. The molecule has 0 spiro atoms. The van der Waals surface area contributed by atoms with Crippen molar-refractivity contribution in [1.82, 2.24) is 19.9 Å². The number of carbonyl (C=O) groups excluding carboxylic acids is 1. The molecule has 4 rings (SSSR count). The van der Waals surface area contributed by atoms with Crippen molar-refractivity contribution < 1.29 is 14.4 Å². The number of nitrogens with one attached hydrogen (secondary N) is 1. The summed E-state index contributed by atoms with van der Waals surface area (Å²) in [6.45, 7) is 1.94. The molecule has 0 saturated carbocycles. The Labute approximate surface area is 168 Å². The van der Waals surface area contributed by atoms with E-state index in [1.54, 1.807) is 17.6 Å². The number of amides is 1. The van der Waals surface area contributed by atoms with E-state index in [4.69, 9.17) is 5.21 Å². The Bertz CT molecular complexity index is 1080. The van der Waals surface area contributed by atoms with Crippen LogP contribution in [0, 0.1) is 5.82 Å². The molecule has 3 aromatic rings. The number of piperidine rings is 1. The molecular formula is C22H23FN4O2. The number of hydroxylamine groups is 1. The van der Waals surface area contributed by atoms with Crippen LogP contribution in [0.2, 0.25) is 0 Å². The molecular weight excluding hydrogens is 371 g/mol. The Morgan fingerprint density at radius 2 is 2.14 bits per heavy atom. The Morgan fingerprint density at radius 1 is 1.31 bits per heavy atom. The first-order chi connectivity index (χ1) is 14.1. The molecule has 1 saturated heterocycles. The summed E-state index contributed by atoms with van der Waals surface area (Å²) in [5.41, 5.74) is 4.37. The zero-order valence-electron chi connectivity index (χ0n) is 16.2. The summed E-state index contributed by atoms with van der Waals surface area (Å²) in [4.78, 5) is 18.2. The van der Waals surface area contributed by atoms with Crippen LogP contribution in [0.4, 0.5) is 4.39 Å². The highest BCUT2D eigenvalue weighted by Gasteiger charge is 2.25. The van der Waals surface area contributed by atoms with Crippen molar-refractivity contribution in [2.24, 2.45) is 0 Å². The second kappa shape index (κ2) is 8.14. The van der Waals surface area contributed by atoms with Crippen LogP contribution in [0.3, 0.4) is 0 Å². The van der Waals surface area contributed by atoms with Gasteiger partial charge in [0, 0.05) is 24.2 Å². The summed E-state index contributed by atoms with van der Waals surface area (Å²) in [5, 5.41) is 8.65. The van der Waals surface area contributed by atoms with Crippen LogP contribution >= 0.6 is 0 Å². The number of fused-ring (bicyclic) bond motifs is 1. The van der Waals surface area contributed by atoms with Crippen molar-refractivity contribution in [1.29, 1.82) is 0 Å². The molecule has 2 N–H and O–H groups in total. The third kappa shape index (κ3) is 3.92. The van der Waals surface area contributed by atoms with Gasteiger partial charge in [-0.3, -0.25) is 10.0 Å². The van der Waals surface area contributed by atoms with Gasteiger partial charge in [0.1, 0.15) is 11.3 Å². The van der Waals surface area contributed by atoms with E-state index in [0.717, 1.165) is 42.6 Å². The molecule has 6 nitrogen and oxygen atoms in total. The molecule has 0 bridgehead atoms. The van der Waals surface area contributed by atoms with E-state index in [2.05, 4.69) is 21.5 Å². The molecule has 7 heteroatoms. The maximum absolute atomic E-state index is 14.5. The topological polar surface area (TPSA) is 70.4 Å². The highest BCUT2D eigenvalue weighted by atomic mass is 19.1. The highest BCUT2D eigenvalue weighted by Crippen LogP contribution is 2.33. The van der Waals surface area contributed by atoms with Gasteiger partial charge in [-0.1, -0.05) is 24.3 Å². The SMILES string of the molecule is CN1CCCC(n2c(-c3cccc(C=CC(=O)NO)c3)nc3c(F)cccc32)C1. The lowest BCUT2D eigenvalue weighted by molar-refractivity contribution is -0.124. The maximum atomic E-state index is 14.5. The summed E-state index contributed by atoms with van der Waals surface area (Å²) >= 11 is 0. The zero-order chi connectivity index (χ0) is 20.4. The van der Waals surface area contributed by atoms with E-state index in [1.165, 1.54) is 12.1 Å². The molecule has 0 aliphatic carbocycles. The number of imidazole rings is 1. The van der Waals surface area contributed by atoms with Crippen molar-refractivity contribution >= 4 is 23.0 Å². The monoisotopic (exact) mass is 394 g/mol. The molecule has 1 unspecified atom stereocenters. The predicted octanol–water partition coefficient (Wildman–Crippen LogP) is 3.63. The Kier molecular flexibility index (Phi) is 5.42. The smallest absolute Gasteiger partial charge is 0.267 e. The number of halogens is 1. The van der Waals surface area contributed by atoms with Gasteiger partial charge in [0.15, 0.2) is 5.82 Å². The lowest BCUT2D eigenvalue weighted by Gasteiger charge is -2.32. The molecule has 1 aromatic heterocycles. The Hall–Kier alpha value is -3.03. The normalized spacial score (nSPS) is 17.8. The average Bonchev–Trinajstić information content (AvgIpc) is 3.13. The van der Waals surface area contributed by atoms with E-state index < -0.39 is 5.91 Å². The van der Waals surface area contributed by atoms with Crippen LogP contribution in [-0.4, -0.2) is 45.7 Å². The number of benzene rings is 2. The minimum atomic E-state index is -0.602. The molecule has 1 aliphatic rings. The number of hydrogen-bond acceptors (Lipinski definition) is 4. The first kappa shape index (κ1) is 19.3. The van der Waals surface area contributed by atoms with Crippen molar-refractivity contribution in [3.8, 4) is 11.4 Å². The summed E-state index contributed by atoms with van der Waals surface area (Å²) in [6.07, 6.45) is 4.94. The fourth-order valence-electron chi connectivity index (χ4n) is 4.00. The number of carbonyl (C=O) groups is 1. The summed E-state index contributed by atoms with van der Waals surface area (Å²) in [5.74, 6) is -0.218. The number of likely N-dealkylation sites (tertiary alicyclic amines) is 1. The van der Waals surface area contributed by atoms with Gasteiger partial charge < -0.3 is 9.47 Å². The van der Waals surface area contributed by atoms with Crippen LogP contribution in [0.1, 0.15) is 24.4 Å². The van der Waals surface area contributed by atoms with Gasteiger partial charge in [-0.2, -0.15) is 0 Å². The number of likely N-dealkylation sites (N-methyl/N-ethyl adjacent to an activating group) is 1. The minimum Gasteiger partial charge on any atom is -0.319 e. The van der Waals surface area contributed by atoms with Crippen LogP contribution in [0.5, 0.6) is 0 Å². The third-order valence-electron chi connectivity index (χ3n) is 5.32. The molecule has 1 aliphatic heterocycles. The summed E-state index contributed by atoms with van der Waals surface area (Å²) < 4.78 is 16.7. The number of para-hydroxylation sites is 1. The van der Waals surface area contributed by atoms with E-state index in [9.17, 15) is 9.18 Å². The van der Waals surface area contributed by atoms with E-state index in [-0.39, 0.29) is 11.9 Å². The van der Waals surface area contributed by atoms with E-state index in [1.807, 2.05) is 30.3 Å². The van der Waals surface area contributed by atoms with Gasteiger partial charge >= 0.3 is 0 Å². The van der Waals surface area contributed by atoms with Crippen LogP contribution in [0.15, 0.2) is 48.5 Å². The van der Waals surface area contributed by atoms with Gasteiger partial charge in [-0.15, -0.1) is 0 Å². The van der Waals surface area contributed by atoms with Gasteiger partial charge in [-0.25, -0.2) is 14.9 Å². The lowest BCUT2D eigenvalue weighted by Crippen LogP contribution is -2.33. The molecule has 150 valence electrons. The van der Waals surface area contributed by atoms with Crippen LogP contribution < -0.4 is 5.48 Å². The summed E-state index contributed by atoms with van der Waals surface area (Å²) in [7, 11) is 2.10. The average molecular weight is 394 g/mol. The standard InChI is InChI=1S/C22H23FN4O2/c1-26-12-4-7-17(14-26)27-19-9-3-8-18(23)21(19)24-22(27)16-6-2-5-15(13-16)10-11-20(28)25-29/h2-3,5-6,8-11,13,17,29H,4,7,12,14H2,1H3,(H,25,28). The first-order valence-electron chi connectivity index (χ1n) is 9.64. The van der Waals surface area contributed by atoms with Crippen molar-refractivity contribution in [3.63, 3.8) is 0 Å². The van der Waals surface area contributed by atoms with Gasteiger partial charge in [0.25, 0.3) is 5.91 Å². The number of hydrogen-bond donors (Lipinski definition) is 2.